The van der Waals surface area contributed by atoms with E-state index in [1.165, 1.54) is 18.6 Å². The molecule has 0 unspecified atom stereocenters. The van der Waals surface area contributed by atoms with Crippen molar-refractivity contribution in [2.75, 3.05) is 33.0 Å². The van der Waals surface area contributed by atoms with Gasteiger partial charge in [0.05, 0.1) is 19.8 Å². The van der Waals surface area contributed by atoms with Crippen LogP contribution in [0.2, 0.25) is 38.3 Å². The fourth-order valence-corrected chi connectivity index (χ4v) is 17.2. The summed E-state index contributed by atoms with van der Waals surface area (Å²) in [5.41, 5.74) is 0. The third kappa shape index (κ3) is 5.51. The van der Waals surface area contributed by atoms with Crippen molar-refractivity contribution in [2.45, 2.75) is 44.7 Å². The molecule has 0 aliphatic carbocycles. The summed E-state index contributed by atoms with van der Waals surface area (Å²) in [7, 11) is -2.17. The molecule has 0 aromatic carbocycles. The predicted octanol–water partition coefficient (Wildman–Crippen LogP) is 3.32. The summed E-state index contributed by atoms with van der Waals surface area (Å²) >= 11 is 0. The number of hydrogen-bond acceptors (Lipinski definition) is 3. The highest BCUT2D eigenvalue weighted by atomic mass is 28.4. The monoisotopic (exact) mass is 301 g/mol. The van der Waals surface area contributed by atoms with Gasteiger partial charge >= 0.3 is 0 Å². The molecule has 3 nitrogen and oxygen atoms in total. The Morgan fingerprint density at radius 3 is 2.16 bits per heavy atom. The maximum absolute atomic E-state index is 5.62. The van der Waals surface area contributed by atoms with Gasteiger partial charge in [0, 0.05) is 6.61 Å². The topological polar surface area (TPSA) is 21.7 Å². The van der Waals surface area contributed by atoms with Gasteiger partial charge in [-0.15, -0.1) is 6.58 Å². The first-order chi connectivity index (χ1) is 8.90. The summed E-state index contributed by atoms with van der Waals surface area (Å²) in [6.07, 6.45) is 2.93. The number of nitrogens with zero attached hydrogens (tertiary/aromatic N) is 1. The molecule has 1 aliphatic heterocycles. The van der Waals surface area contributed by atoms with Gasteiger partial charge in [0.25, 0.3) is 0 Å². The Morgan fingerprint density at radius 1 is 1.00 bits per heavy atom. The summed E-state index contributed by atoms with van der Waals surface area (Å²) in [6.45, 7) is 17.8. The first-order valence-corrected chi connectivity index (χ1v) is 13.8. The summed E-state index contributed by atoms with van der Waals surface area (Å²) in [5, 5.41) is 0. The van der Waals surface area contributed by atoms with Crippen LogP contribution in [0, 0.1) is 0 Å². The highest BCUT2D eigenvalue weighted by Crippen LogP contribution is 2.36. The van der Waals surface area contributed by atoms with Crippen LogP contribution in [-0.4, -0.2) is 53.7 Å². The standard InChI is InChI=1S/C14H31NO2Si2/c1-6-9-16-11-12-17-10-7-8-15-18(2,3)13-14-19(15,4)5/h6H,1,7-14H2,2-5H3. The predicted molar refractivity (Wildman–Crippen MR) is 87.7 cm³/mol. The molecule has 0 bridgehead atoms. The van der Waals surface area contributed by atoms with E-state index in [4.69, 9.17) is 9.47 Å². The van der Waals surface area contributed by atoms with Crippen LogP contribution in [0.1, 0.15) is 6.42 Å². The first-order valence-electron chi connectivity index (χ1n) is 7.44. The van der Waals surface area contributed by atoms with E-state index >= 15 is 0 Å². The van der Waals surface area contributed by atoms with Crippen LogP contribution in [0.3, 0.4) is 0 Å². The van der Waals surface area contributed by atoms with Gasteiger partial charge in [0.2, 0.25) is 0 Å². The lowest BCUT2D eigenvalue weighted by Gasteiger charge is -2.38. The molecule has 0 saturated carbocycles. The van der Waals surface area contributed by atoms with Crippen LogP contribution in [0.25, 0.3) is 0 Å². The van der Waals surface area contributed by atoms with Crippen LogP contribution in [0.5, 0.6) is 0 Å². The minimum absolute atomic E-state index is 0.622. The average molecular weight is 302 g/mol. The zero-order chi connectivity index (χ0) is 14.4. The Hall–Kier alpha value is 0.0538. The van der Waals surface area contributed by atoms with E-state index in [0.717, 1.165) is 13.0 Å². The second-order valence-corrected chi connectivity index (χ2v) is 16.4. The molecular formula is C14H31NO2Si2. The number of hydrogen-bond donors (Lipinski definition) is 0. The van der Waals surface area contributed by atoms with Gasteiger partial charge in [-0.25, -0.2) is 0 Å². The molecule has 0 atom stereocenters. The Labute approximate surface area is 121 Å². The summed E-state index contributed by atoms with van der Waals surface area (Å²) < 4.78 is 13.8. The minimum atomic E-state index is -1.09. The Morgan fingerprint density at radius 2 is 1.58 bits per heavy atom. The first kappa shape index (κ1) is 17.1. The number of rotatable bonds is 9. The molecule has 0 aromatic heterocycles. The van der Waals surface area contributed by atoms with E-state index < -0.39 is 16.5 Å². The molecule has 1 heterocycles. The summed E-state index contributed by atoms with van der Waals surface area (Å²) in [4.78, 5) is 0. The molecule has 112 valence electrons. The van der Waals surface area contributed by atoms with E-state index in [0.29, 0.717) is 19.8 Å². The zero-order valence-electron chi connectivity index (χ0n) is 13.2. The lowest BCUT2D eigenvalue weighted by atomic mass is 10.5. The van der Waals surface area contributed by atoms with Gasteiger partial charge in [-0.2, -0.15) is 0 Å². The van der Waals surface area contributed by atoms with Crippen LogP contribution in [0.15, 0.2) is 12.7 Å². The molecule has 0 spiro atoms. The average Bonchev–Trinajstić information content (AvgIpc) is 2.54. The molecule has 19 heavy (non-hydrogen) atoms. The fourth-order valence-electron chi connectivity index (χ4n) is 3.02. The van der Waals surface area contributed by atoms with Crippen molar-refractivity contribution in [3.63, 3.8) is 0 Å². The van der Waals surface area contributed by atoms with E-state index in [9.17, 15) is 0 Å². The highest BCUT2D eigenvalue weighted by Gasteiger charge is 2.46. The quantitative estimate of drug-likeness (QED) is 0.370. The third-order valence-electron chi connectivity index (χ3n) is 4.09. The van der Waals surface area contributed by atoms with Crippen LogP contribution >= 0.6 is 0 Å². The molecule has 0 radical (unpaired) electrons. The molecule has 1 saturated heterocycles. The van der Waals surface area contributed by atoms with Crippen LogP contribution in [-0.2, 0) is 9.47 Å². The van der Waals surface area contributed by atoms with Gasteiger partial charge in [-0.1, -0.05) is 32.3 Å². The molecule has 1 aliphatic rings. The van der Waals surface area contributed by atoms with E-state index in [1.807, 2.05) is 0 Å². The van der Waals surface area contributed by atoms with E-state index in [2.05, 4.69) is 37.0 Å². The Kier molecular flexibility index (Phi) is 6.96. The van der Waals surface area contributed by atoms with E-state index in [-0.39, 0.29) is 0 Å². The van der Waals surface area contributed by atoms with Crippen molar-refractivity contribution in [1.29, 1.82) is 0 Å². The molecule has 1 fully saturated rings. The SMILES string of the molecule is C=CCOCCOCCCN1[Si](C)(C)CC[Si]1(C)C. The third-order valence-corrected chi connectivity index (χ3v) is 14.5. The van der Waals surface area contributed by atoms with Crippen molar-refractivity contribution < 1.29 is 9.47 Å². The summed E-state index contributed by atoms with van der Waals surface area (Å²) in [6, 6.07) is 2.98. The minimum Gasteiger partial charge on any atom is -0.379 e. The molecule has 1 rings (SSSR count). The lowest BCUT2D eigenvalue weighted by Crippen LogP contribution is -2.55. The summed E-state index contributed by atoms with van der Waals surface area (Å²) in [5.74, 6) is 0. The van der Waals surface area contributed by atoms with Gasteiger partial charge in [-0.05, 0) is 25.1 Å². The van der Waals surface area contributed by atoms with Crippen LogP contribution < -0.4 is 0 Å². The largest absolute Gasteiger partial charge is 0.379 e. The van der Waals surface area contributed by atoms with Crippen molar-refractivity contribution in [3.8, 4) is 0 Å². The lowest BCUT2D eigenvalue weighted by molar-refractivity contribution is 0.0569. The van der Waals surface area contributed by atoms with Gasteiger partial charge in [0.15, 0.2) is 0 Å². The van der Waals surface area contributed by atoms with Crippen molar-refractivity contribution in [1.82, 2.24) is 4.23 Å². The highest BCUT2D eigenvalue weighted by molar-refractivity contribution is 6.95. The Bertz CT molecular complexity index is 267. The maximum Gasteiger partial charge on any atom is 0.115 e. The van der Waals surface area contributed by atoms with Crippen molar-refractivity contribution in [3.05, 3.63) is 12.7 Å². The molecule has 0 aromatic rings. The molecule has 0 N–H and O–H groups in total. The zero-order valence-corrected chi connectivity index (χ0v) is 15.2. The molecule has 0 amide bonds. The normalized spacial score (nSPS) is 21.7. The number of ether oxygens (including phenoxy) is 2. The van der Waals surface area contributed by atoms with Gasteiger partial charge < -0.3 is 13.7 Å². The Balaban J connectivity index is 2.13. The molecule has 5 heteroatoms. The fraction of sp³-hybridized carbons (Fsp3) is 0.857. The van der Waals surface area contributed by atoms with Gasteiger partial charge in [0.1, 0.15) is 16.5 Å². The second kappa shape index (κ2) is 7.74. The molecular weight excluding hydrogens is 270 g/mol. The smallest absolute Gasteiger partial charge is 0.115 e. The van der Waals surface area contributed by atoms with Crippen molar-refractivity contribution >= 4 is 16.5 Å². The van der Waals surface area contributed by atoms with Crippen LogP contribution in [0.4, 0.5) is 0 Å². The second-order valence-electron chi connectivity index (χ2n) is 6.61. The van der Waals surface area contributed by atoms with E-state index in [1.54, 1.807) is 6.08 Å². The van der Waals surface area contributed by atoms with Crippen molar-refractivity contribution in [2.24, 2.45) is 0 Å². The van der Waals surface area contributed by atoms with Gasteiger partial charge in [-0.3, -0.25) is 0 Å². The maximum atomic E-state index is 5.62.